The van der Waals surface area contributed by atoms with E-state index in [1.807, 2.05) is 31.3 Å². The van der Waals surface area contributed by atoms with Crippen LogP contribution < -0.4 is 5.32 Å². The second-order valence-electron chi connectivity index (χ2n) is 6.33. The summed E-state index contributed by atoms with van der Waals surface area (Å²) in [5.41, 5.74) is 1.87. The van der Waals surface area contributed by atoms with Crippen molar-refractivity contribution in [3.05, 3.63) is 47.6 Å². The van der Waals surface area contributed by atoms with Crippen molar-refractivity contribution in [3.63, 3.8) is 0 Å². The quantitative estimate of drug-likeness (QED) is 0.777. The van der Waals surface area contributed by atoms with Crippen LogP contribution in [0.15, 0.2) is 47.6 Å². The van der Waals surface area contributed by atoms with Crippen molar-refractivity contribution in [2.45, 2.75) is 12.8 Å². The van der Waals surface area contributed by atoms with Gasteiger partial charge in [-0.1, -0.05) is 34.6 Å². The first kappa shape index (κ1) is 18.4. The lowest BCUT2D eigenvalue weighted by molar-refractivity contribution is -0.130. The molecule has 2 aromatic rings. The first-order valence-electron chi connectivity index (χ1n) is 8.49. The third kappa shape index (κ3) is 3.88. The number of aryl methyl sites for hydroxylation is 1. The number of benzene rings is 1. The van der Waals surface area contributed by atoms with Crippen molar-refractivity contribution in [2.75, 3.05) is 18.4 Å². The topological polar surface area (TPSA) is 67.2 Å². The lowest BCUT2D eigenvalue weighted by Crippen LogP contribution is -2.40. The zero-order valence-electron chi connectivity index (χ0n) is 14.6. The largest absolute Gasteiger partial charge is 0.339 e. The van der Waals surface area contributed by atoms with Crippen LogP contribution in [0.4, 0.5) is 5.82 Å². The molecule has 1 aromatic heterocycles. The average Bonchev–Trinajstić information content (AvgIpc) is 3.02. The van der Waals surface area contributed by atoms with Gasteiger partial charge in [0.2, 0.25) is 11.8 Å². The standard InChI is InChI=1S/C19H21BrN4O2/c1-3-17(25)24-10-8-14(9-11-24)19(26)22-18-16(12-21-23(18)2)13-4-6-15(20)7-5-13/h3-7,12,14H,1,8-11H2,2H3,(H,22,26). The van der Waals surface area contributed by atoms with Crippen LogP contribution in [0.5, 0.6) is 0 Å². The number of amides is 2. The van der Waals surface area contributed by atoms with E-state index in [4.69, 9.17) is 0 Å². The number of likely N-dealkylation sites (tertiary alicyclic amines) is 1. The number of hydrogen-bond acceptors (Lipinski definition) is 3. The summed E-state index contributed by atoms with van der Waals surface area (Å²) in [4.78, 5) is 26.1. The highest BCUT2D eigenvalue weighted by Crippen LogP contribution is 2.29. The fourth-order valence-electron chi connectivity index (χ4n) is 3.14. The zero-order valence-corrected chi connectivity index (χ0v) is 16.2. The highest BCUT2D eigenvalue weighted by Gasteiger charge is 2.27. The van der Waals surface area contributed by atoms with Gasteiger partial charge in [-0.2, -0.15) is 5.10 Å². The highest BCUT2D eigenvalue weighted by atomic mass is 79.9. The number of hydrogen-bond donors (Lipinski definition) is 1. The summed E-state index contributed by atoms with van der Waals surface area (Å²) in [5, 5.41) is 7.31. The minimum atomic E-state index is -0.114. The van der Waals surface area contributed by atoms with E-state index >= 15 is 0 Å². The fourth-order valence-corrected chi connectivity index (χ4v) is 3.40. The second kappa shape index (κ2) is 7.86. The Morgan fingerprint density at radius 2 is 1.92 bits per heavy atom. The van der Waals surface area contributed by atoms with Gasteiger partial charge in [-0.05, 0) is 36.6 Å². The maximum absolute atomic E-state index is 12.7. The van der Waals surface area contributed by atoms with Crippen LogP contribution in [0.3, 0.4) is 0 Å². The molecule has 3 rings (SSSR count). The second-order valence-corrected chi connectivity index (χ2v) is 7.25. The first-order valence-corrected chi connectivity index (χ1v) is 9.29. The molecule has 7 heteroatoms. The van der Waals surface area contributed by atoms with Crippen molar-refractivity contribution in [2.24, 2.45) is 13.0 Å². The molecular weight excluding hydrogens is 396 g/mol. The van der Waals surface area contributed by atoms with Gasteiger partial charge in [0.25, 0.3) is 0 Å². The highest BCUT2D eigenvalue weighted by molar-refractivity contribution is 9.10. The predicted molar refractivity (Wildman–Crippen MR) is 104 cm³/mol. The molecule has 1 fully saturated rings. The van der Waals surface area contributed by atoms with Crippen molar-refractivity contribution in [1.29, 1.82) is 0 Å². The van der Waals surface area contributed by atoms with Crippen molar-refractivity contribution >= 4 is 33.6 Å². The Morgan fingerprint density at radius 1 is 1.27 bits per heavy atom. The normalized spacial score (nSPS) is 14.9. The number of halogens is 1. The van der Waals surface area contributed by atoms with Gasteiger partial charge < -0.3 is 10.2 Å². The molecule has 0 unspecified atom stereocenters. The summed E-state index contributed by atoms with van der Waals surface area (Å²) in [5.74, 6) is 0.462. The van der Waals surface area contributed by atoms with Gasteiger partial charge in [-0.25, -0.2) is 0 Å². The van der Waals surface area contributed by atoms with Crippen LogP contribution in [0.2, 0.25) is 0 Å². The van der Waals surface area contributed by atoms with Gasteiger partial charge in [0.05, 0.1) is 6.20 Å². The summed E-state index contributed by atoms with van der Waals surface area (Å²) in [6.45, 7) is 4.66. The van der Waals surface area contributed by atoms with E-state index in [0.29, 0.717) is 31.7 Å². The third-order valence-corrected chi connectivity index (χ3v) is 5.22. The monoisotopic (exact) mass is 416 g/mol. The fraction of sp³-hybridized carbons (Fsp3) is 0.316. The Morgan fingerprint density at radius 3 is 2.54 bits per heavy atom. The Hall–Kier alpha value is -2.41. The maximum atomic E-state index is 12.7. The van der Waals surface area contributed by atoms with Gasteiger partial charge in [0.15, 0.2) is 0 Å². The number of aromatic nitrogens is 2. The lowest BCUT2D eigenvalue weighted by Gasteiger charge is -2.30. The van der Waals surface area contributed by atoms with Crippen LogP contribution in [0.25, 0.3) is 11.1 Å². The summed E-state index contributed by atoms with van der Waals surface area (Å²) in [7, 11) is 1.81. The average molecular weight is 417 g/mol. The van der Waals surface area contributed by atoms with E-state index in [2.05, 4.69) is 32.9 Å². The third-order valence-electron chi connectivity index (χ3n) is 4.69. The molecule has 2 amide bonds. The molecule has 1 N–H and O–H groups in total. The molecule has 1 aromatic carbocycles. The molecule has 0 atom stereocenters. The zero-order chi connectivity index (χ0) is 18.7. The number of nitrogens with zero attached hydrogens (tertiary/aromatic N) is 3. The SMILES string of the molecule is C=CC(=O)N1CCC(C(=O)Nc2c(-c3ccc(Br)cc3)cnn2C)CC1. The summed E-state index contributed by atoms with van der Waals surface area (Å²) in [6, 6.07) is 7.88. The maximum Gasteiger partial charge on any atom is 0.245 e. The molecule has 0 aliphatic carbocycles. The number of carbonyl (C=O) groups excluding carboxylic acids is 2. The van der Waals surface area contributed by atoms with Crippen LogP contribution in [-0.2, 0) is 16.6 Å². The van der Waals surface area contributed by atoms with Gasteiger partial charge in [0, 0.05) is 36.1 Å². The summed E-state index contributed by atoms with van der Waals surface area (Å²) < 4.78 is 2.67. The molecule has 0 saturated carbocycles. The molecule has 136 valence electrons. The Labute approximate surface area is 161 Å². The van der Waals surface area contributed by atoms with Crippen molar-refractivity contribution in [1.82, 2.24) is 14.7 Å². The molecule has 0 bridgehead atoms. The minimum Gasteiger partial charge on any atom is -0.339 e. The molecule has 26 heavy (non-hydrogen) atoms. The van der Waals surface area contributed by atoms with Crippen LogP contribution in [-0.4, -0.2) is 39.6 Å². The van der Waals surface area contributed by atoms with Gasteiger partial charge in [0.1, 0.15) is 5.82 Å². The Kier molecular flexibility index (Phi) is 5.56. The number of rotatable bonds is 4. The number of piperidine rings is 1. The van der Waals surface area contributed by atoms with Crippen molar-refractivity contribution in [3.8, 4) is 11.1 Å². The number of nitrogens with one attached hydrogen (secondary N) is 1. The van der Waals surface area contributed by atoms with Gasteiger partial charge in [-0.15, -0.1) is 0 Å². The summed E-state index contributed by atoms with van der Waals surface area (Å²) in [6.07, 6.45) is 4.37. The molecule has 1 saturated heterocycles. The smallest absolute Gasteiger partial charge is 0.245 e. The van der Waals surface area contributed by atoms with E-state index < -0.39 is 0 Å². The molecule has 0 spiro atoms. The summed E-state index contributed by atoms with van der Waals surface area (Å²) >= 11 is 3.43. The molecule has 1 aliphatic heterocycles. The van der Waals surface area contributed by atoms with E-state index in [1.54, 1.807) is 15.8 Å². The van der Waals surface area contributed by atoms with Crippen LogP contribution in [0.1, 0.15) is 12.8 Å². The molecule has 6 nitrogen and oxygen atoms in total. The van der Waals surface area contributed by atoms with Gasteiger partial charge in [-0.3, -0.25) is 14.3 Å². The van der Waals surface area contributed by atoms with E-state index in [9.17, 15) is 9.59 Å². The lowest BCUT2D eigenvalue weighted by atomic mass is 9.95. The molecule has 0 radical (unpaired) electrons. The van der Waals surface area contributed by atoms with Gasteiger partial charge >= 0.3 is 0 Å². The van der Waals surface area contributed by atoms with E-state index in [-0.39, 0.29) is 17.7 Å². The van der Waals surface area contributed by atoms with Crippen LogP contribution >= 0.6 is 15.9 Å². The van der Waals surface area contributed by atoms with Crippen molar-refractivity contribution < 1.29 is 9.59 Å². The van der Waals surface area contributed by atoms with Crippen LogP contribution in [0, 0.1) is 5.92 Å². The Bertz CT molecular complexity index is 821. The predicted octanol–water partition coefficient (Wildman–Crippen LogP) is 3.21. The van der Waals surface area contributed by atoms with E-state index in [0.717, 1.165) is 15.6 Å². The molecule has 1 aliphatic rings. The number of anilines is 1. The van der Waals surface area contributed by atoms with E-state index in [1.165, 1.54) is 6.08 Å². The first-order chi connectivity index (χ1) is 12.5. The minimum absolute atomic E-state index is 0.0299. The number of carbonyl (C=O) groups is 2. The molecular formula is C19H21BrN4O2. The molecule has 2 heterocycles. The Balaban J connectivity index is 1.71.